The molecule has 2 atom stereocenters. The summed E-state index contributed by atoms with van der Waals surface area (Å²) in [5, 5.41) is 19.1. The topological polar surface area (TPSA) is 140 Å². The lowest BCUT2D eigenvalue weighted by atomic mass is 9.94. The number of nitrogens with two attached hydrogens (primary N) is 1. The maximum Gasteiger partial charge on any atom is 0.305 e. The predicted octanol–water partition coefficient (Wildman–Crippen LogP) is 0.239. The maximum atomic E-state index is 13.1. The van der Waals surface area contributed by atoms with Crippen LogP contribution in [0.2, 0.25) is 0 Å². The minimum Gasteiger partial charge on any atom is -0.481 e. The van der Waals surface area contributed by atoms with Crippen molar-refractivity contribution in [2.75, 3.05) is 19.6 Å². The molecule has 0 saturated carbocycles. The van der Waals surface area contributed by atoms with E-state index in [4.69, 9.17) is 11.1 Å². The van der Waals surface area contributed by atoms with E-state index in [1.165, 1.54) is 0 Å². The predicted molar refractivity (Wildman–Crippen MR) is 102 cm³/mol. The molecule has 0 aliphatic carbocycles. The summed E-state index contributed by atoms with van der Waals surface area (Å²) >= 11 is 0. The van der Waals surface area contributed by atoms with E-state index < -0.39 is 18.1 Å². The van der Waals surface area contributed by atoms with Crippen LogP contribution >= 0.6 is 0 Å². The first-order chi connectivity index (χ1) is 12.6. The SMILES string of the molecule is CC(C)C(=O)[C@H](CCCNC(=N)N)N1CCN(C(C)C)[C@@H](CC(=O)O)C1=O. The van der Waals surface area contributed by atoms with Gasteiger partial charge in [-0.1, -0.05) is 13.8 Å². The molecule has 0 aromatic rings. The van der Waals surface area contributed by atoms with Crippen LogP contribution in [0, 0.1) is 11.3 Å². The van der Waals surface area contributed by atoms with Gasteiger partial charge in [0, 0.05) is 31.6 Å². The van der Waals surface area contributed by atoms with Gasteiger partial charge in [0.05, 0.1) is 12.5 Å². The third kappa shape index (κ3) is 6.50. The van der Waals surface area contributed by atoms with E-state index in [2.05, 4.69) is 5.32 Å². The summed E-state index contributed by atoms with van der Waals surface area (Å²) in [6, 6.07) is -1.30. The van der Waals surface area contributed by atoms with Crippen LogP contribution in [0.1, 0.15) is 47.0 Å². The molecule has 27 heavy (non-hydrogen) atoms. The lowest BCUT2D eigenvalue weighted by Crippen LogP contribution is -2.63. The molecule has 1 saturated heterocycles. The molecule has 9 heteroatoms. The zero-order chi connectivity index (χ0) is 20.7. The molecule has 1 heterocycles. The molecule has 0 spiro atoms. The maximum absolute atomic E-state index is 13.1. The van der Waals surface area contributed by atoms with Gasteiger partial charge in [0.15, 0.2) is 11.7 Å². The Balaban J connectivity index is 2.98. The smallest absolute Gasteiger partial charge is 0.305 e. The summed E-state index contributed by atoms with van der Waals surface area (Å²) in [7, 11) is 0. The van der Waals surface area contributed by atoms with Gasteiger partial charge in [0.25, 0.3) is 0 Å². The highest BCUT2D eigenvalue weighted by Gasteiger charge is 2.41. The van der Waals surface area contributed by atoms with Crippen molar-refractivity contribution in [3.05, 3.63) is 0 Å². The molecular weight excluding hydrogens is 350 g/mol. The normalized spacial score (nSPS) is 19.4. The number of amides is 1. The molecule has 0 aromatic heterocycles. The van der Waals surface area contributed by atoms with Crippen molar-refractivity contribution >= 4 is 23.6 Å². The van der Waals surface area contributed by atoms with E-state index in [-0.39, 0.29) is 36.0 Å². The number of hydrogen-bond donors (Lipinski definition) is 4. The lowest BCUT2D eigenvalue weighted by Gasteiger charge is -2.45. The number of aliphatic carboxylic acids is 1. The zero-order valence-electron chi connectivity index (χ0n) is 16.7. The number of nitrogens with one attached hydrogen (secondary N) is 2. The van der Waals surface area contributed by atoms with Gasteiger partial charge in [0.1, 0.15) is 6.04 Å². The Morgan fingerprint density at radius 2 is 1.93 bits per heavy atom. The van der Waals surface area contributed by atoms with Crippen LogP contribution in [-0.2, 0) is 14.4 Å². The molecule has 5 N–H and O–H groups in total. The van der Waals surface area contributed by atoms with Gasteiger partial charge in [-0.05, 0) is 26.7 Å². The highest BCUT2D eigenvalue weighted by molar-refractivity contribution is 5.93. The third-order valence-corrected chi connectivity index (χ3v) is 4.84. The van der Waals surface area contributed by atoms with Gasteiger partial charge < -0.3 is 21.1 Å². The Kier molecular flexibility index (Phi) is 8.68. The molecule has 0 bridgehead atoms. The number of carbonyl (C=O) groups excluding carboxylic acids is 2. The number of hydrogen-bond acceptors (Lipinski definition) is 5. The minimum absolute atomic E-state index is 0.0294. The molecule has 154 valence electrons. The first-order valence-corrected chi connectivity index (χ1v) is 9.45. The van der Waals surface area contributed by atoms with Gasteiger partial charge in [0.2, 0.25) is 5.91 Å². The van der Waals surface area contributed by atoms with E-state index >= 15 is 0 Å². The number of nitrogens with zero attached hydrogens (tertiary/aromatic N) is 2. The molecule has 1 rings (SSSR count). The van der Waals surface area contributed by atoms with Crippen LogP contribution in [0.3, 0.4) is 0 Å². The highest BCUT2D eigenvalue weighted by atomic mass is 16.4. The Morgan fingerprint density at radius 3 is 2.41 bits per heavy atom. The molecular formula is C18H33N5O4. The van der Waals surface area contributed by atoms with E-state index in [0.29, 0.717) is 32.5 Å². The Labute approximate surface area is 160 Å². The first kappa shape index (κ1) is 22.9. The van der Waals surface area contributed by atoms with Gasteiger partial charge in [-0.3, -0.25) is 24.7 Å². The average molecular weight is 383 g/mol. The van der Waals surface area contributed by atoms with Crippen molar-refractivity contribution in [2.24, 2.45) is 11.7 Å². The van der Waals surface area contributed by atoms with Crippen molar-refractivity contribution in [2.45, 2.75) is 65.1 Å². The Bertz CT molecular complexity index is 564. The van der Waals surface area contributed by atoms with E-state index in [1.807, 2.05) is 18.7 Å². The van der Waals surface area contributed by atoms with Crippen LogP contribution in [0.25, 0.3) is 0 Å². The van der Waals surface area contributed by atoms with Crippen molar-refractivity contribution in [1.29, 1.82) is 5.41 Å². The minimum atomic E-state index is -1.03. The number of ketones is 1. The number of carbonyl (C=O) groups is 3. The summed E-state index contributed by atoms with van der Waals surface area (Å²) in [5.74, 6) is -1.72. The number of piperazine rings is 1. The van der Waals surface area contributed by atoms with Crippen LogP contribution in [-0.4, -0.2) is 76.3 Å². The van der Waals surface area contributed by atoms with Crippen molar-refractivity contribution in [3.8, 4) is 0 Å². The van der Waals surface area contributed by atoms with Gasteiger partial charge >= 0.3 is 5.97 Å². The monoisotopic (exact) mass is 383 g/mol. The van der Waals surface area contributed by atoms with E-state index in [0.717, 1.165) is 0 Å². The summed E-state index contributed by atoms with van der Waals surface area (Å²) in [6.45, 7) is 8.84. The number of rotatable bonds is 10. The standard InChI is InChI=1S/C18H33N5O4/c1-11(2)16(26)13(6-5-7-21-18(19)20)23-9-8-22(12(3)4)14(17(23)27)10-15(24)25/h11-14H,5-10H2,1-4H3,(H,24,25)(H4,19,20,21)/t13-,14-/m0/s1. The van der Waals surface area contributed by atoms with Crippen molar-refractivity contribution < 1.29 is 19.5 Å². The Hall–Kier alpha value is -2.16. The van der Waals surface area contributed by atoms with Gasteiger partial charge in [-0.15, -0.1) is 0 Å². The molecule has 1 aliphatic rings. The fraction of sp³-hybridized carbons (Fsp3) is 0.778. The van der Waals surface area contributed by atoms with Crippen molar-refractivity contribution in [3.63, 3.8) is 0 Å². The molecule has 1 aliphatic heterocycles. The third-order valence-electron chi connectivity index (χ3n) is 4.84. The fourth-order valence-corrected chi connectivity index (χ4v) is 3.47. The Morgan fingerprint density at radius 1 is 1.30 bits per heavy atom. The van der Waals surface area contributed by atoms with Crippen LogP contribution < -0.4 is 11.1 Å². The largest absolute Gasteiger partial charge is 0.481 e. The summed E-state index contributed by atoms with van der Waals surface area (Å²) < 4.78 is 0. The molecule has 0 aromatic carbocycles. The second kappa shape index (κ2) is 10.2. The van der Waals surface area contributed by atoms with Crippen molar-refractivity contribution in [1.82, 2.24) is 15.1 Å². The number of carboxylic acid groups (broad SMARTS) is 1. The average Bonchev–Trinajstić information content (AvgIpc) is 2.55. The fourth-order valence-electron chi connectivity index (χ4n) is 3.47. The summed E-state index contributed by atoms with van der Waals surface area (Å²) in [5.41, 5.74) is 5.27. The van der Waals surface area contributed by atoms with Crippen LogP contribution in [0.15, 0.2) is 0 Å². The van der Waals surface area contributed by atoms with E-state index in [9.17, 15) is 19.5 Å². The quantitative estimate of drug-likeness (QED) is 0.241. The molecule has 0 radical (unpaired) electrons. The number of Topliss-reactive ketones (excluding diaryl/α,β-unsaturated/α-hetero) is 1. The van der Waals surface area contributed by atoms with Crippen LogP contribution in [0.5, 0.6) is 0 Å². The molecule has 9 nitrogen and oxygen atoms in total. The second-order valence-electron chi connectivity index (χ2n) is 7.53. The van der Waals surface area contributed by atoms with Gasteiger partial charge in [-0.25, -0.2) is 0 Å². The van der Waals surface area contributed by atoms with E-state index in [1.54, 1.807) is 18.7 Å². The lowest BCUT2D eigenvalue weighted by molar-refractivity contribution is -0.155. The first-order valence-electron chi connectivity index (χ1n) is 9.45. The summed E-state index contributed by atoms with van der Waals surface area (Å²) in [4.78, 5) is 40.6. The molecule has 1 amide bonds. The molecule has 0 unspecified atom stereocenters. The second-order valence-corrected chi connectivity index (χ2v) is 7.53. The van der Waals surface area contributed by atoms with Gasteiger partial charge in [-0.2, -0.15) is 0 Å². The number of guanidine groups is 1. The highest BCUT2D eigenvalue weighted by Crippen LogP contribution is 2.23. The number of carboxylic acids is 1. The summed E-state index contributed by atoms with van der Waals surface area (Å²) in [6.07, 6.45) is 0.747. The van der Waals surface area contributed by atoms with Crippen LogP contribution in [0.4, 0.5) is 0 Å². The molecule has 1 fully saturated rings. The zero-order valence-corrected chi connectivity index (χ0v) is 16.7.